The number of hydrogen-bond donors (Lipinski definition) is 3. The summed E-state index contributed by atoms with van der Waals surface area (Å²) in [6, 6.07) is 16.4. The Balaban J connectivity index is 1.72. The van der Waals surface area contributed by atoms with Gasteiger partial charge in [-0.3, -0.25) is 4.79 Å². The first-order valence-corrected chi connectivity index (χ1v) is 8.63. The molecule has 1 saturated heterocycles. The first-order chi connectivity index (χ1) is 13.2. The number of hydrogen-bond acceptors (Lipinski definition) is 6. The van der Waals surface area contributed by atoms with Crippen molar-refractivity contribution in [3.05, 3.63) is 60.3 Å². The van der Waals surface area contributed by atoms with Crippen molar-refractivity contribution in [2.24, 2.45) is 0 Å². The van der Waals surface area contributed by atoms with Crippen LogP contribution < -0.4 is 21.3 Å². The van der Waals surface area contributed by atoms with Crippen molar-refractivity contribution >= 4 is 28.7 Å². The molecule has 7 heteroatoms. The van der Waals surface area contributed by atoms with Crippen LogP contribution in [-0.4, -0.2) is 32.2 Å². The van der Waals surface area contributed by atoms with E-state index in [0.717, 1.165) is 24.5 Å². The number of ether oxygens (including phenoxy) is 1. The Kier molecular flexibility index (Phi) is 5.92. The molecule has 0 unspecified atom stereocenters. The van der Waals surface area contributed by atoms with E-state index in [4.69, 9.17) is 10.5 Å². The standard InChI is InChI=1S/C20H21N5O2/c21-13-15(20(26)24-17-7-5-16(22)6-8-17)14-23-18-3-1-2-4-19(18)25-9-11-27-12-10-25/h1-8,14,23H,9-12,22H2,(H,24,26)/b15-14-. The van der Waals surface area contributed by atoms with E-state index in [1.54, 1.807) is 24.3 Å². The van der Waals surface area contributed by atoms with Crippen molar-refractivity contribution < 1.29 is 9.53 Å². The second kappa shape index (κ2) is 8.74. The molecule has 2 aromatic rings. The smallest absolute Gasteiger partial charge is 0.267 e. The quantitative estimate of drug-likeness (QED) is 0.429. The number of carbonyl (C=O) groups is 1. The van der Waals surface area contributed by atoms with Gasteiger partial charge in [-0.25, -0.2) is 0 Å². The number of nitriles is 1. The Labute approximate surface area is 158 Å². The number of para-hydroxylation sites is 2. The molecule has 0 aromatic heterocycles. The van der Waals surface area contributed by atoms with E-state index in [1.807, 2.05) is 30.3 Å². The van der Waals surface area contributed by atoms with Gasteiger partial charge in [-0.1, -0.05) is 12.1 Å². The molecule has 1 heterocycles. The monoisotopic (exact) mass is 363 g/mol. The second-order valence-corrected chi connectivity index (χ2v) is 6.01. The van der Waals surface area contributed by atoms with E-state index < -0.39 is 5.91 Å². The lowest BCUT2D eigenvalue weighted by atomic mass is 10.2. The number of nitrogen functional groups attached to an aromatic ring is 1. The number of nitrogens with two attached hydrogens (primary N) is 1. The van der Waals surface area contributed by atoms with Gasteiger partial charge in [0.15, 0.2) is 0 Å². The summed E-state index contributed by atoms with van der Waals surface area (Å²) < 4.78 is 5.39. The highest BCUT2D eigenvalue weighted by molar-refractivity contribution is 6.06. The summed E-state index contributed by atoms with van der Waals surface area (Å²) >= 11 is 0. The first kappa shape index (κ1) is 18.3. The SMILES string of the molecule is N#C/C(=C/Nc1ccccc1N1CCOCC1)C(=O)Nc1ccc(N)cc1. The molecule has 27 heavy (non-hydrogen) atoms. The molecule has 7 nitrogen and oxygen atoms in total. The fourth-order valence-electron chi connectivity index (χ4n) is 2.74. The fourth-order valence-corrected chi connectivity index (χ4v) is 2.74. The molecule has 0 bridgehead atoms. The Hall–Kier alpha value is -3.50. The highest BCUT2D eigenvalue weighted by Crippen LogP contribution is 2.26. The van der Waals surface area contributed by atoms with Crippen molar-refractivity contribution in [3.63, 3.8) is 0 Å². The Morgan fingerprint density at radius 3 is 2.56 bits per heavy atom. The predicted octanol–water partition coefficient (Wildman–Crippen LogP) is 2.56. The van der Waals surface area contributed by atoms with Gasteiger partial charge >= 0.3 is 0 Å². The third-order valence-electron chi connectivity index (χ3n) is 4.16. The minimum atomic E-state index is -0.487. The number of carbonyl (C=O) groups excluding carboxylic acids is 1. The lowest BCUT2D eigenvalue weighted by Gasteiger charge is -2.30. The molecule has 0 atom stereocenters. The Morgan fingerprint density at radius 2 is 1.85 bits per heavy atom. The van der Waals surface area contributed by atoms with Crippen LogP contribution in [0.1, 0.15) is 0 Å². The summed E-state index contributed by atoms with van der Waals surface area (Å²) in [4.78, 5) is 14.5. The topological polar surface area (TPSA) is 103 Å². The zero-order chi connectivity index (χ0) is 19.1. The van der Waals surface area contributed by atoms with Crippen molar-refractivity contribution in [3.8, 4) is 6.07 Å². The largest absolute Gasteiger partial charge is 0.399 e. The van der Waals surface area contributed by atoms with Gasteiger partial charge in [-0.05, 0) is 36.4 Å². The van der Waals surface area contributed by atoms with Crippen LogP contribution in [0.4, 0.5) is 22.7 Å². The molecule has 4 N–H and O–H groups in total. The average Bonchev–Trinajstić information content (AvgIpc) is 2.71. The molecule has 3 rings (SSSR count). The number of nitrogens with zero attached hydrogens (tertiary/aromatic N) is 2. The van der Waals surface area contributed by atoms with Gasteiger partial charge in [0, 0.05) is 30.7 Å². The number of anilines is 4. The van der Waals surface area contributed by atoms with Crippen molar-refractivity contribution in [2.75, 3.05) is 47.6 Å². The zero-order valence-electron chi connectivity index (χ0n) is 14.8. The molecule has 1 aliphatic rings. The number of nitrogens with one attached hydrogen (secondary N) is 2. The fraction of sp³-hybridized carbons (Fsp3) is 0.200. The third-order valence-corrected chi connectivity index (χ3v) is 4.16. The van der Waals surface area contributed by atoms with E-state index in [2.05, 4.69) is 15.5 Å². The summed E-state index contributed by atoms with van der Waals surface area (Å²) in [5, 5.41) is 15.1. The summed E-state index contributed by atoms with van der Waals surface area (Å²) in [5.41, 5.74) is 8.62. The summed E-state index contributed by atoms with van der Waals surface area (Å²) in [6.07, 6.45) is 1.42. The highest BCUT2D eigenvalue weighted by atomic mass is 16.5. The lowest BCUT2D eigenvalue weighted by molar-refractivity contribution is -0.112. The van der Waals surface area contributed by atoms with Crippen molar-refractivity contribution in [2.45, 2.75) is 0 Å². The van der Waals surface area contributed by atoms with E-state index in [1.165, 1.54) is 6.20 Å². The zero-order valence-corrected chi connectivity index (χ0v) is 14.8. The average molecular weight is 363 g/mol. The van der Waals surface area contributed by atoms with Crippen molar-refractivity contribution in [1.29, 1.82) is 5.26 Å². The number of rotatable bonds is 5. The van der Waals surface area contributed by atoms with Gasteiger partial charge in [-0.2, -0.15) is 5.26 Å². The minimum Gasteiger partial charge on any atom is -0.399 e. The van der Waals surface area contributed by atoms with Crippen LogP contribution >= 0.6 is 0 Å². The van der Waals surface area contributed by atoms with Crippen LogP contribution in [-0.2, 0) is 9.53 Å². The Morgan fingerprint density at radius 1 is 1.15 bits per heavy atom. The number of morpholine rings is 1. The van der Waals surface area contributed by atoms with Gasteiger partial charge in [-0.15, -0.1) is 0 Å². The van der Waals surface area contributed by atoms with E-state index in [0.29, 0.717) is 24.6 Å². The molecule has 1 amide bonds. The molecule has 0 saturated carbocycles. The maximum atomic E-state index is 12.3. The van der Waals surface area contributed by atoms with Gasteiger partial charge in [0.1, 0.15) is 11.6 Å². The molecule has 2 aromatic carbocycles. The normalized spacial score (nSPS) is 14.3. The van der Waals surface area contributed by atoms with Crippen LogP contribution in [0.5, 0.6) is 0 Å². The van der Waals surface area contributed by atoms with Crippen molar-refractivity contribution in [1.82, 2.24) is 0 Å². The Bertz CT molecular complexity index is 865. The number of benzene rings is 2. The summed E-state index contributed by atoms with van der Waals surface area (Å²) in [6.45, 7) is 2.95. The highest BCUT2D eigenvalue weighted by Gasteiger charge is 2.15. The van der Waals surface area contributed by atoms with Crippen LogP contribution in [0.25, 0.3) is 0 Å². The van der Waals surface area contributed by atoms with Gasteiger partial charge < -0.3 is 26.0 Å². The lowest BCUT2D eigenvalue weighted by Crippen LogP contribution is -2.36. The van der Waals surface area contributed by atoms with Crippen LogP contribution in [0.15, 0.2) is 60.3 Å². The molecule has 1 fully saturated rings. The van der Waals surface area contributed by atoms with Gasteiger partial charge in [0.25, 0.3) is 5.91 Å². The maximum absolute atomic E-state index is 12.3. The van der Waals surface area contributed by atoms with Crippen LogP contribution in [0, 0.1) is 11.3 Å². The third kappa shape index (κ3) is 4.77. The predicted molar refractivity (Wildman–Crippen MR) is 106 cm³/mol. The molecule has 0 radical (unpaired) electrons. The molecule has 0 spiro atoms. The maximum Gasteiger partial charge on any atom is 0.267 e. The molecule has 138 valence electrons. The number of amides is 1. The molecular formula is C20H21N5O2. The second-order valence-electron chi connectivity index (χ2n) is 6.01. The molecule has 1 aliphatic heterocycles. The van der Waals surface area contributed by atoms with Gasteiger partial charge in [0.2, 0.25) is 0 Å². The molecular weight excluding hydrogens is 342 g/mol. The van der Waals surface area contributed by atoms with E-state index >= 15 is 0 Å². The minimum absolute atomic E-state index is 0.0244. The summed E-state index contributed by atoms with van der Waals surface area (Å²) in [7, 11) is 0. The van der Waals surface area contributed by atoms with E-state index in [9.17, 15) is 10.1 Å². The first-order valence-electron chi connectivity index (χ1n) is 8.63. The van der Waals surface area contributed by atoms with Gasteiger partial charge in [0.05, 0.1) is 24.6 Å². The summed E-state index contributed by atoms with van der Waals surface area (Å²) in [5.74, 6) is -0.487. The van der Waals surface area contributed by atoms with Crippen LogP contribution in [0.3, 0.4) is 0 Å². The van der Waals surface area contributed by atoms with Crippen LogP contribution in [0.2, 0.25) is 0 Å². The molecule has 0 aliphatic carbocycles. The van der Waals surface area contributed by atoms with E-state index in [-0.39, 0.29) is 5.57 Å².